The predicted octanol–water partition coefficient (Wildman–Crippen LogP) is 4.91. The van der Waals surface area contributed by atoms with Crippen LogP contribution in [0.1, 0.15) is 5.56 Å². The number of alkyl halides is 3. The highest BCUT2D eigenvalue weighted by atomic mass is 35.5. The van der Waals surface area contributed by atoms with E-state index in [0.29, 0.717) is 18.2 Å². The minimum atomic E-state index is -4.68. The first-order valence-corrected chi connectivity index (χ1v) is 5.71. The zero-order valence-corrected chi connectivity index (χ0v) is 10.7. The molecule has 21 heavy (non-hydrogen) atoms. The van der Waals surface area contributed by atoms with Gasteiger partial charge in [-0.3, -0.25) is 0 Å². The molecule has 0 aliphatic rings. The van der Waals surface area contributed by atoms with Gasteiger partial charge in [0.15, 0.2) is 11.6 Å². The second kappa shape index (κ2) is 5.44. The summed E-state index contributed by atoms with van der Waals surface area (Å²) in [5, 5.41) is 1.63. The summed E-state index contributed by atoms with van der Waals surface area (Å²) in [5.74, 6) is -4.44. The Hall–Kier alpha value is -1.96. The maximum absolute atomic E-state index is 13.4. The van der Waals surface area contributed by atoms with E-state index in [4.69, 9.17) is 11.6 Å². The van der Waals surface area contributed by atoms with Gasteiger partial charge in [-0.2, -0.15) is 13.2 Å². The predicted molar refractivity (Wildman–Crippen MR) is 63.8 cm³/mol. The molecule has 0 aliphatic heterocycles. The van der Waals surface area contributed by atoms with Gasteiger partial charge in [0, 0.05) is 12.1 Å². The molecule has 0 saturated carbocycles. The molecule has 0 bridgehead atoms. The monoisotopic (exact) mass is 326 g/mol. The van der Waals surface area contributed by atoms with E-state index < -0.39 is 45.8 Å². The largest absolute Gasteiger partial charge is 0.416 e. The first-order valence-electron chi connectivity index (χ1n) is 5.33. The highest BCUT2D eigenvalue weighted by molar-refractivity contribution is 6.29. The molecule has 0 amide bonds. The quantitative estimate of drug-likeness (QED) is 0.481. The smallest absolute Gasteiger partial charge is 0.338 e. The lowest BCUT2D eigenvalue weighted by Crippen LogP contribution is -2.07. The van der Waals surface area contributed by atoms with Crippen LogP contribution in [0.5, 0.6) is 0 Å². The summed E-state index contributed by atoms with van der Waals surface area (Å²) in [5.41, 5.74) is -1.69. The lowest BCUT2D eigenvalue weighted by Gasteiger charge is -2.11. The zero-order chi connectivity index (χ0) is 15.8. The van der Waals surface area contributed by atoms with Crippen LogP contribution in [0.3, 0.4) is 0 Å². The molecular formula is C12H5ClF6N2. The molecule has 9 heteroatoms. The van der Waals surface area contributed by atoms with Crippen LogP contribution in [0.25, 0.3) is 0 Å². The number of rotatable bonds is 2. The number of nitrogens with one attached hydrogen (secondary N) is 1. The topological polar surface area (TPSA) is 24.9 Å². The maximum atomic E-state index is 13.4. The second-order valence-corrected chi connectivity index (χ2v) is 4.32. The van der Waals surface area contributed by atoms with Crippen LogP contribution in [0, 0.1) is 17.5 Å². The van der Waals surface area contributed by atoms with Crippen LogP contribution in [-0.2, 0) is 6.18 Å². The van der Waals surface area contributed by atoms with E-state index >= 15 is 0 Å². The van der Waals surface area contributed by atoms with Crippen LogP contribution in [0.15, 0.2) is 24.3 Å². The first-order chi connectivity index (χ1) is 9.66. The fraction of sp³-hybridized carbons (Fsp3) is 0.0833. The van der Waals surface area contributed by atoms with E-state index in [2.05, 4.69) is 10.3 Å². The number of pyridine rings is 1. The van der Waals surface area contributed by atoms with Crippen molar-refractivity contribution in [3.8, 4) is 0 Å². The van der Waals surface area contributed by atoms with E-state index in [9.17, 15) is 26.3 Å². The highest BCUT2D eigenvalue weighted by Gasteiger charge is 2.31. The SMILES string of the molecule is Fc1cc(F)c(Nc2cc(C(F)(F)F)cc(Cl)n2)cc1F. The van der Waals surface area contributed by atoms with Crippen LogP contribution >= 0.6 is 11.6 Å². The first kappa shape index (κ1) is 15.4. The molecule has 0 radical (unpaired) electrons. The Morgan fingerprint density at radius 2 is 1.52 bits per heavy atom. The number of benzene rings is 1. The lowest BCUT2D eigenvalue weighted by atomic mass is 10.2. The summed E-state index contributed by atoms with van der Waals surface area (Å²) in [4.78, 5) is 3.51. The summed E-state index contributed by atoms with van der Waals surface area (Å²) < 4.78 is 76.9. The Kier molecular flexibility index (Phi) is 3.99. The summed E-state index contributed by atoms with van der Waals surface area (Å²) in [6.45, 7) is 0. The van der Waals surface area contributed by atoms with Gasteiger partial charge in [0.1, 0.15) is 16.8 Å². The molecule has 1 heterocycles. The zero-order valence-electron chi connectivity index (χ0n) is 9.90. The van der Waals surface area contributed by atoms with Crippen molar-refractivity contribution in [2.75, 3.05) is 5.32 Å². The van der Waals surface area contributed by atoms with Gasteiger partial charge < -0.3 is 5.32 Å². The maximum Gasteiger partial charge on any atom is 0.416 e. The van der Waals surface area contributed by atoms with E-state index in [1.54, 1.807) is 0 Å². The number of halogens is 7. The lowest BCUT2D eigenvalue weighted by molar-refractivity contribution is -0.137. The molecule has 1 aromatic heterocycles. The summed E-state index contributed by atoms with van der Waals surface area (Å²) in [6.07, 6.45) is -4.68. The number of aromatic nitrogens is 1. The van der Waals surface area contributed by atoms with E-state index in [-0.39, 0.29) is 6.07 Å². The minimum Gasteiger partial charge on any atom is -0.338 e. The van der Waals surface area contributed by atoms with Gasteiger partial charge in [-0.25, -0.2) is 18.2 Å². The number of nitrogens with zero attached hydrogens (tertiary/aromatic N) is 1. The second-order valence-electron chi connectivity index (χ2n) is 3.93. The fourth-order valence-electron chi connectivity index (χ4n) is 1.48. The van der Waals surface area contributed by atoms with Crippen molar-refractivity contribution in [2.45, 2.75) is 6.18 Å². The molecular weight excluding hydrogens is 322 g/mol. The average Bonchev–Trinajstić information content (AvgIpc) is 2.34. The van der Waals surface area contributed by atoms with Crippen molar-refractivity contribution in [3.05, 3.63) is 52.4 Å². The van der Waals surface area contributed by atoms with Gasteiger partial charge in [-0.15, -0.1) is 0 Å². The van der Waals surface area contributed by atoms with Crippen molar-refractivity contribution < 1.29 is 26.3 Å². The molecule has 0 aliphatic carbocycles. The molecule has 2 nitrogen and oxygen atoms in total. The third-order valence-electron chi connectivity index (χ3n) is 2.39. The summed E-state index contributed by atoms with van der Waals surface area (Å²) in [6, 6.07) is 1.86. The molecule has 0 spiro atoms. The Balaban J connectivity index is 2.40. The van der Waals surface area contributed by atoms with Crippen molar-refractivity contribution in [1.29, 1.82) is 0 Å². The van der Waals surface area contributed by atoms with Crippen LogP contribution in [0.2, 0.25) is 5.15 Å². The third-order valence-corrected chi connectivity index (χ3v) is 2.59. The molecule has 0 unspecified atom stereocenters. The summed E-state index contributed by atoms with van der Waals surface area (Å²) >= 11 is 5.44. The molecule has 0 fully saturated rings. The fourth-order valence-corrected chi connectivity index (χ4v) is 1.69. The van der Waals surface area contributed by atoms with Gasteiger partial charge in [-0.05, 0) is 12.1 Å². The molecule has 2 rings (SSSR count). The van der Waals surface area contributed by atoms with E-state index in [0.717, 1.165) is 0 Å². The van der Waals surface area contributed by atoms with Crippen LogP contribution < -0.4 is 5.32 Å². The number of hydrogen-bond donors (Lipinski definition) is 1. The number of anilines is 2. The van der Waals surface area contributed by atoms with Gasteiger partial charge in [0.25, 0.3) is 0 Å². The highest BCUT2D eigenvalue weighted by Crippen LogP contribution is 2.33. The van der Waals surface area contributed by atoms with Crippen LogP contribution in [-0.4, -0.2) is 4.98 Å². The van der Waals surface area contributed by atoms with Gasteiger partial charge in [0.2, 0.25) is 0 Å². The van der Waals surface area contributed by atoms with Crippen molar-refractivity contribution in [1.82, 2.24) is 4.98 Å². The Morgan fingerprint density at radius 3 is 2.14 bits per heavy atom. The minimum absolute atomic E-state index is 0.257. The molecule has 0 saturated heterocycles. The van der Waals surface area contributed by atoms with Gasteiger partial charge >= 0.3 is 6.18 Å². The summed E-state index contributed by atoms with van der Waals surface area (Å²) in [7, 11) is 0. The van der Waals surface area contributed by atoms with Crippen molar-refractivity contribution >= 4 is 23.1 Å². The normalized spacial score (nSPS) is 11.6. The molecule has 112 valence electrons. The third kappa shape index (κ3) is 3.57. The molecule has 1 aromatic carbocycles. The average molecular weight is 327 g/mol. The van der Waals surface area contributed by atoms with Crippen molar-refractivity contribution in [3.63, 3.8) is 0 Å². The van der Waals surface area contributed by atoms with Gasteiger partial charge in [-0.1, -0.05) is 11.6 Å². The Bertz CT molecular complexity index is 686. The molecule has 1 N–H and O–H groups in total. The van der Waals surface area contributed by atoms with E-state index in [1.165, 1.54) is 0 Å². The number of hydrogen-bond acceptors (Lipinski definition) is 2. The molecule has 2 aromatic rings. The van der Waals surface area contributed by atoms with Gasteiger partial charge in [0.05, 0.1) is 11.3 Å². The molecule has 0 atom stereocenters. The van der Waals surface area contributed by atoms with Crippen LogP contribution in [0.4, 0.5) is 37.8 Å². The van der Waals surface area contributed by atoms with Crippen molar-refractivity contribution in [2.24, 2.45) is 0 Å². The standard InChI is InChI=1S/C12H5ClF6N2/c13-10-1-5(12(17,18)19)2-11(21-10)20-9-4-7(15)6(14)3-8(9)16/h1-4H,(H,20,21). The Labute approximate surface area is 119 Å². The Morgan fingerprint density at radius 1 is 0.905 bits per heavy atom. The van der Waals surface area contributed by atoms with E-state index in [1.807, 2.05) is 0 Å².